The van der Waals surface area contributed by atoms with Gasteiger partial charge in [0.15, 0.2) is 0 Å². The summed E-state index contributed by atoms with van der Waals surface area (Å²) >= 11 is 0. The molecule has 3 rings (SSSR count). The Kier molecular flexibility index (Phi) is 2.76. The molecule has 0 aliphatic rings. The molecule has 2 N–H and O–H groups in total. The number of hydrogen-bond acceptors (Lipinski definition) is 2. The van der Waals surface area contributed by atoms with Crippen molar-refractivity contribution >= 4 is 11.6 Å². The average Bonchev–Trinajstić information content (AvgIpc) is 2.84. The second-order valence-electron chi connectivity index (χ2n) is 4.40. The summed E-state index contributed by atoms with van der Waals surface area (Å²) in [6, 6.07) is 13.7. The molecule has 4 heteroatoms. The fourth-order valence-corrected chi connectivity index (χ4v) is 2.14. The van der Waals surface area contributed by atoms with Gasteiger partial charge in [-0.25, -0.2) is 4.98 Å². The first-order valence-corrected chi connectivity index (χ1v) is 6.04. The van der Waals surface area contributed by atoms with Gasteiger partial charge >= 0.3 is 0 Å². The number of carbonyl (C=O) groups excluding carboxylic acids is 1. The Labute approximate surface area is 110 Å². The first-order chi connectivity index (χ1) is 9.24. The van der Waals surface area contributed by atoms with Crippen molar-refractivity contribution in [2.24, 2.45) is 5.73 Å². The average molecular weight is 251 g/mol. The van der Waals surface area contributed by atoms with Crippen LogP contribution in [0.2, 0.25) is 0 Å². The van der Waals surface area contributed by atoms with Crippen molar-refractivity contribution in [1.29, 1.82) is 0 Å². The lowest BCUT2D eigenvalue weighted by atomic mass is 10.2. The van der Waals surface area contributed by atoms with Crippen LogP contribution in [0.4, 0.5) is 0 Å². The van der Waals surface area contributed by atoms with Crippen molar-refractivity contribution in [2.75, 3.05) is 0 Å². The molecule has 0 aliphatic carbocycles. The SMILES string of the molecule is NC(=O)Cc1cccn2cc(-c3ccccc3)nc12. The molecule has 0 bridgehead atoms. The molecule has 2 aromatic heterocycles. The number of fused-ring (bicyclic) bond motifs is 1. The highest BCUT2D eigenvalue weighted by molar-refractivity contribution is 5.79. The Bertz CT molecular complexity index is 731. The quantitative estimate of drug-likeness (QED) is 0.774. The molecule has 0 saturated carbocycles. The van der Waals surface area contributed by atoms with Crippen LogP contribution in [0.25, 0.3) is 16.9 Å². The van der Waals surface area contributed by atoms with Gasteiger partial charge in [0.1, 0.15) is 5.65 Å². The van der Waals surface area contributed by atoms with Crippen LogP contribution in [-0.4, -0.2) is 15.3 Å². The molecule has 1 aromatic carbocycles. The second kappa shape index (κ2) is 4.57. The van der Waals surface area contributed by atoms with Crippen molar-refractivity contribution in [3.63, 3.8) is 0 Å². The third kappa shape index (κ3) is 2.20. The van der Waals surface area contributed by atoms with Crippen molar-refractivity contribution < 1.29 is 4.79 Å². The maximum Gasteiger partial charge on any atom is 0.221 e. The third-order valence-electron chi connectivity index (χ3n) is 3.00. The number of amides is 1. The van der Waals surface area contributed by atoms with Gasteiger partial charge in [0.2, 0.25) is 5.91 Å². The second-order valence-corrected chi connectivity index (χ2v) is 4.40. The summed E-state index contributed by atoms with van der Waals surface area (Å²) in [7, 11) is 0. The molecule has 1 amide bonds. The molecule has 94 valence electrons. The summed E-state index contributed by atoms with van der Waals surface area (Å²) in [4.78, 5) is 15.7. The van der Waals surface area contributed by atoms with Gasteiger partial charge in [-0.3, -0.25) is 4.79 Å². The van der Waals surface area contributed by atoms with Gasteiger partial charge in [0.05, 0.1) is 12.1 Å². The van der Waals surface area contributed by atoms with Crippen LogP contribution in [0.3, 0.4) is 0 Å². The van der Waals surface area contributed by atoms with Gasteiger partial charge < -0.3 is 10.1 Å². The highest BCUT2D eigenvalue weighted by atomic mass is 16.1. The molecule has 0 aliphatic heterocycles. The molecule has 0 radical (unpaired) electrons. The van der Waals surface area contributed by atoms with Crippen molar-refractivity contribution in [3.8, 4) is 11.3 Å². The smallest absolute Gasteiger partial charge is 0.221 e. The van der Waals surface area contributed by atoms with Crippen molar-refractivity contribution in [1.82, 2.24) is 9.38 Å². The van der Waals surface area contributed by atoms with Crippen LogP contribution < -0.4 is 5.73 Å². The van der Waals surface area contributed by atoms with Gasteiger partial charge in [-0.1, -0.05) is 36.4 Å². The summed E-state index contributed by atoms with van der Waals surface area (Å²) in [6.07, 6.45) is 4.07. The zero-order valence-electron chi connectivity index (χ0n) is 10.3. The Morgan fingerprint density at radius 1 is 1.16 bits per heavy atom. The molecule has 0 unspecified atom stereocenters. The van der Waals surface area contributed by atoms with Crippen LogP contribution >= 0.6 is 0 Å². The molecule has 0 spiro atoms. The van der Waals surface area contributed by atoms with E-state index in [2.05, 4.69) is 4.98 Å². The number of benzene rings is 1. The van der Waals surface area contributed by atoms with E-state index in [1.54, 1.807) is 0 Å². The van der Waals surface area contributed by atoms with Gasteiger partial charge in [0.25, 0.3) is 0 Å². The van der Waals surface area contributed by atoms with E-state index >= 15 is 0 Å². The van der Waals surface area contributed by atoms with E-state index in [0.29, 0.717) is 0 Å². The Hall–Kier alpha value is -2.62. The normalized spacial score (nSPS) is 10.7. The minimum Gasteiger partial charge on any atom is -0.369 e. The molecule has 2 heterocycles. The van der Waals surface area contributed by atoms with E-state index in [1.807, 2.05) is 59.3 Å². The molecule has 0 fully saturated rings. The predicted molar refractivity (Wildman–Crippen MR) is 73.5 cm³/mol. The molecule has 19 heavy (non-hydrogen) atoms. The standard InChI is InChI=1S/C15H13N3O/c16-14(19)9-12-7-4-8-18-10-13(17-15(12)18)11-5-2-1-3-6-11/h1-8,10H,9H2,(H2,16,19). The molecule has 0 saturated heterocycles. The van der Waals surface area contributed by atoms with Crippen LogP contribution in [-0.2, 0) is 11.2 Å². The van der Waals surface area contributed by atoms with E-state index in [0.717, 1.165) is 22.5 Å². The number of nitrogens with zero attached hydrogens (tertiary/aromatic N) is 2. The fraction of sp³-hybridized carbons (Fsp3) is 0.0667. The lowest BCUT2D eigenvalue weighted by molar-refractivity contribution is -0.117. The van der Waals surface area contributed by atoms with Crippen LogP contribution in [0, 0.1) is 0 Å². The minimum atomic E-state index is -0.350. The van der Waals surface area contributed by atoms with Crippen molar-refractivity contribution in [3.05, 3.63) is 60.4 Å². The summed E-state index contributed by atoms with van der Waals surface area (Å²) in [5.74, 6) is -0.350. The monoisotopic (exact) mass is 251 g/mol. The first kappa shape index (κ1) is 11.5. The number of carbonyl (C=O) groups is 1. The highest BCUT2D eigenvalue weighted by Crippen LogP contribution is 2.20. The molecule has 0 atom stereocenters. The zero-order valence-corrected chi connectivity index (χ0v) is 10.3. The Morgan fingerprint density at radius 3 is 2.68 bits per heavy atom. The predicted octanol–water partition coefficient (Wildman–Crippen LogP) is 2.03. The number of aromatic nitrogens is 2. The lowest BCUT2D eigenvalue weighted by Gasteiger charge is -1.99. The summed E-state index contributed by atoms with van der Waals surface area (Å²) in [5.41, 5.74) is 8.82. The number of primary amides is 1. The summed E-state index contributed by atoms with van der Waals surface area (Å²) in [5, 5.41) is 0. The zero-order chi connectivity index (χ0) is 13.2. The number of imidazole rings is 1. The van der Waals surface area contributed by atoms with Crippen molar-refractivity contribution in [2.45, 2.75) is 6.42 Å². The lowest BCUT2D eigenvalue weighted by Crippen LogP contribution is -2.14. The van der Waals surface area contributed by atoms with Gasteiger partial charge in [-0.2, -0.15) is 0 Å². The topological polar surface area (TPSA) is 60.4 Å². The molecule has 3 aromatic rings. The summed E-state index contributed by atoms with van der Waals surface area (Å²) in [6.45, 7) is 0. The molecule has 4 nitrogen and oxygen atoms in total. The van der Waals surface area contributed by atoms with E-state index in [9.17, 15) is 4.79 Å². The van der Waals surface area contributed by atoms with Crippen LogP contribution in [0.5, 0.6) is 0 Å². The molecular weight excluding hydrogens is 238 g/mol. The fourth-order valence-electron chi connectivity index (χ4n) is 2.14. The van der Waals surface area contributed by atoms with Gasteiger partial charge in [-0.05, 0) is 6.07 Å². The van der Waals surface area contributed by atoms with Crippen LogP contribution in [0.15, 0.2) is 54.9 Å². The highest BCUT2D eigenvalue weighted by Gasteiger charge is 2.09. The van der Waals surface area contributed by atoms with E-state index in [1.165, 1.54) is 0 Å². The minimum absolute atomic E-state index is 0.204. The largest absolute Gasteiger partial charge is 0.369 e. The van der Waals surface area contributed by atoms with E-state index < -0.39 is 0 Å². The maximum atomic E-state index is 11.1. The number of nitrogens with two attached hydrogens (primary N) is 1. The van der Waals surface area contributed by atoms with Gasteiger partial charge in [0, 0.05) is 23.5 Å². The number of rotatable bonds is 3. The Morgan fingerprint density at radius 2 is 1.95 bits per heavy atom. The van der Waals surface area contributed by atoms with Gasteiger partial charge in [-0.15, -0.1) is 0 Å². The maximum absolute atomic E-state index is 11.1. The number of hydrogen-bond donors (Lipinski definition) is 1. The first-order valence-electron chi connectivity index (χ1n) is 6.04. The van der Waals surface area contributed by atoms with E-state index in [-0.39, 0.29) is 12.3 Å². The summed E-state index contributed by atoms with van der Waals surface area (Å²) < 4.78 is 1.92. The Balaban J connectivity index is 2.13. The third-order valence-corrected chi connectivity index (χ3v) is 3.00. The van der Waals surface area contributed by atoms with Crippen LogP contribution in [0.1, 0.15) is 5.56 Å². The molecular formula is C15H13N3O. The van der Waals surface area contributed by atoms with E-state index in [4.69, 9.17) is 5.73 Å². The number of pyridine rings is 1.